The number of nitrogens with two attached hydrogens (primary N) is 1. The van der Waals surface area contributed by atoms with Crippen LogP contribution in [0.15, 0.2) is 48.7 Å². The van der Waals surface area contributed by atoms with E-state index >= 15 is 0 Å². The summed E-state index contributed by atoms with van der Waals surface area (Å²) >= 11 is 0. The lowest BCUT2D eigenvalue weighted by molar-refractivity contribution is 0.0964. The summed E-state index contributed by atoms with van der Waals surface area (Å²) in [4.78, 5) is 16.3. The topological polar surface area (TPSA) is 95.1 Å². The number of anilines is 1. The van der Waals surface area contributed by atoms with Crippen LogP contribution in [0.5, 0.6) is 11.6 Å². The summed E-state index contributed by atoms with van der Waals surface area (Å²) in [5, 5.41) is 6.89. The van der Waals surface area contributed by atoms with Gasteiger partial charge in [0.2, 0.25) is 5.88 Å². The van der Waals surface area contributed by atoms with Gasteiger partial charge in [0.25, 0.3) is 5.91 Å². The molecular formula is C17H17N5O2. The van der Waals surface area contributed by atoms with Gasteiger partial charge in [0.05, 0.1) is 0 Å². The lowest BCUT2D eigenvalue weighted by Crippen LogP contribution is -2.19. The molecule has 1 amide bonds. The van der Waals surface area contributed by atoms with Crippen molar-refractivity contribution >= 4 is 11.7 Å². The number of aryl methyl sites for hydroxylation is 1. The van der Waals surface area contributed by atoms with Crippen LogP contribution in [0, 0.1) is 0 Å². The molecule has 1 aromatic carbocycles. The van der Waals surface area contributed by atoms with E-state index in [2.05, 4.69) is 15.4 Å². The van der Waals surface area contributed by atoms with Gasteiger partial charge >= 0.3 is 0 Å². The van der Waals surface area contributed by atoms with Crippen LogP contribution >= 0.6 is 0 Å². The van der Waals surface area contributed by atoms with Crippen LogP contribution in [0.3, 0.4) is 0 Å². The van der Waals surface area contributed by atoms with Gasteiger partial charge in [-0.15, -0.1) is 0 Å². The number of benzene rings is 1. The lowest BCUT2D eigenvalue weighted by atomic mass is 10.1. The first-order valence-electron chi connectivity index (χ1n) is 7.34. The molecular weight excluding hydrogens is 306 g/mol. The van der Waals surface area contributed by atoms with Gasteiger partial charge in [0.1, 0.15) is 22.8 Å². The zero-order chi connectivity index (χ0) is 17.1. The van der Waals surface area contributed by atoms with Crippen molar-refractivity contribution < 1.29 is 9.53 Å². The Bertz CT molecular complexity index is 857. The summed E-state index contributed by atoms with van der Waals surface area (Å²) in [7, 11) is 3.24. The minimum Gasteiger partial charge on any atom is -0.439 e. The molecule has 2 heterocycles. The fourth-order valence-electron chi connectivity index (χ4n) is 2.28. The largest absolute Gasteiger partial charge is 0.439 e. The highest BCUT2D eigenvalue weighted by atomic mass is 16.5. The number of carbonyl (C=O) groups is 1. The molecule has 3 N–H and O–H groups in total. The summed E-state index contributed by atoms with van der Waals surface area (Å²) in [5.41, 5.74) is 7.44. The zero-order valence-electron chi connectivity index (χ0n) is 13.4. The molecule has 24 heavy (non-hydrogen) atoms. The monoisotopic (exact) mass is 323 g/mol. The van der Waals surface area contributed by atoms with Crippen LogP contribution in [0.1, 0.15) is 10.4 Å². The minimum absolute atomic E-state index is 0.291. The number of rotatable bonds is 4. The van der Waals surface area contributed by atoms with E-state index in [-0.39, 0.29) is 5.91 Å². The lowest BCUT2D eigenvalue weighted by Gasteiger charge is -2.06. The van der Waals surface area contributed by atoms with Gasteiger partial charge in [-0.1, -0.05) is 18.2 Å². The van der Waals surface area contributed by atoms with E-state index in [1.807, 2.05) is 30.3 Å². The molecule has 0 fully saturated rings. The van der Waals surface area contributed by atoms with Crippen LogP contribution < -0.4 is 15.8 Å². The molecule has 0 aliphatic rings. The predicted molar refractivity (Wildman–Crippen MR) is 90.8 cm³/mol. The summed E-state index contributed by atoms with van der Waals surface area (Å²) in [6.07, 6.45) is 1.60. The van der Waals surface area contributed by atoms with Gasteiger partial charge in [-0.3, -0.25) is 9.48 Å². The maximum absolute atomic E-state index is 12.1. The van der Waals surface area contributed by atoms with Crippen molar-refractivity contribution in [2.75, 3.05) is 12.8 Å². The van der Waals surface area contributed by atoms with E-state index in [0.29, 0.717) is 34.3 Å². The molecule has 0 spiro atoms. The van der Waals surface area contributed by atoms with E-state index in [9.17, 15) is 4.79 Å². The van der Waals surface area contributed by atoms with E-state index in [0.717, 1.165) is 0 Å². The van der Waals surface area contributed by atoms with E-state index < -0.39 is 0 Å². The van der Waals surface area contributed by atoms with Crippen molar-refractivity contribution in [3.63, 3.8) is 0 Å². The highest BCUT2D eigenvalue weighted by Gasteiger charge is 2.21. The van der Waals surface area contributed by atoms with Gasteiger partial charge in [0, 0.05) is 31.9 Å². The molecule has 2 aromatic heterocycles. The molecule has 122 valence electrons. The van der Waals surface area contributed by atoms with Crippen LogP contribution in [-0.2, 0) is 7.05 Å². The number of nitrogens with zero attached hydrogens (tertiary/aromatic N) is 3. The molecule has 0 atom stereocenters. The molecule has 0 saturated carbocycles. The number of hydrogen-bond donors (Lipinski definition) is 2. The number of para-hydroxylation sites is 1. The van der Waals surface area contributed by atoms with Crippen LogP contribution in [0.25, 0.3) is 11.3 Å². The second-order valence-corrected chi connectivity index (χ2v) is 5.11. The summed E-state index contributed by atoms with van der Waals surface area (Å²) in [5.74, 6) is 1.16. The van der Waals surface area contributed by atoms with E-state index in [1.54, 1.807) is 32.4 Å². The summed E-state index contributed by atoms with van der Waals surface area (Å²) in [6.45, 7) is 0. The van der Waals surface area contributed by atoms with Crippen molar-refractivity contribution in [1.29, 1.82) is 0 Å². The number of amides is 1. The second-order valence-electron chi connectivity index (χ2n) is 5.11. The van der Waals surface area contributed by atoms with Crippen molar-refractivity contribution in [1.82, 2.24) is 20.1 Å². The Morgan fingerprint density at radius 3 is 2.58 bits per heavy atom. The highest BCUT2D eigenvalue weighted by Crippen LogP contribution is 2.28. The van der Waals surface area contributed by atoms with E-state index in [1.165, 1.54) is 4.68 Å². The van der Waals surface area contributed by atoms with Gasteiger partial charge in [0.15, 0.2) is 0 Å². The minimum atomic E-state index is -0.291. The Morgan fingerprint density at radius 1 is 1.21 bits per heavy atom. The number of nitrogen functional groups attached to an aromatic ring is 1. The van der Waals surface area contributed by atoms with Gasteiger partial charge in [-0.05, 0) is 18.2 Å². The summed E-state index contributed by atoms with van der Waals surface area (Å²) in [6, 6.07) is 12.9. The molecule has 0 aliphatic carbocycles. The highest BCUT2D eigenvalue weighted by molar-refractivity contribution is 6.04. The number of hydrogen-bond acceptors (Lipinski definition) is 5. The molecule has 3 rings (SSSR count). The molecule has 3 aromatic rings. The third-order valence-electron chi connectivity index (χ3n) is 3.52. The third kappa shape index (κ3) is 2.91. The van der Waals surface area contributed by atoms with Gasteiger partial charge in [-0.25, -0.2) is 4.98 Å². The first-order valence-corrected chi connectivity index (χ1v) is 7.34. The standard InChI is InChI=1S/C17H17N5O2/c1-19-17(23)14-15(21-22(2)16(14)18)11-8-9-13(20-10-11)24-12-6-4-3-5-7-12/h3-10H,18H2,1-2H3,(H,19,23). The molecule has 0 bridgehead atoms. The first-order chi connectivity index (χ1) is 11.6. The Kier molecular flexibility index (Phi) is 4.15. The number of aromatic nitrogens is 3. The molecule has 0 saturated heterocycles. The molecule has 7 heteroatoms. The molecule has 0 radical (unpaired) electrons. The Labute approximate surface area is 139 Å². The zero-order valence-corrected chi connectivity index (χ0v) is 13.4. The smallest absolute Gasteiger partial charge is 0.257 e. The summed E-state index contributed by atoms with van der Waals surface area (Å²) < 4.78 is 7.12. The average molecular weight is 323 g/mol. The second kappa shape index (κ2) is 6.41. The average Bonchev–Trinajstić information content (AvgIpc) is 2.91. The molecule has 0 unspecified atom stereocenters. The SMILES string of the molecule is CNC(=O)c1c(-c2ccc(Oc3ccccc3)nc2)nn(C)c1N. The van der Waals surface area contributed by atoms with E-state index in [4.69, 9.17) is 10.5 Å². The fourth-order valence-corrected chi connectivity index (χ4v) is 2.28. The third-order valence-corrected chi connectivity index (χ3v) is 3.52. The van der Waals surface area contributed by atoms with Crippen LogP contribution in [-0.4, -0.2) is 27.7 Å². The molecule has 0 aliphatic heterocycles. The Hall–Kier alpha value is -3.35. The number of nitrogens with one attached hydrogen (secondary N) is 1. The maximum atomic E-state index is 12.1. The van der Waals surface area contributed by atoms with Crippen LogP contribution in [0.2, 0.25) is 0 Å². The maximum Gasteiger partial charge on any atom is 0.257 e. The van der Waals surface area contributed by atoms with Crippen molar-refractivity contribution in [3.8, 4) is 22.9 Å². The normalized spacial score (nSPS) is 10.4. The predicted octanol–water partition coefficient (Wildman–Crippen LogP) is 2.22. The van der Waals surface area contributed by atoms with Gasteiger partial charge in [-0.2, -0.15) is 5.10 Å². The Balaban J connectivity index is 1.91. The van der Waals surface area contributed by atoms with Crippen molar-refractivity contribution in [3.05, 3.63) is 54.2 Å². The van der Waals surface area contributed by atoms with Crippen molar-refractivity contribution in [2.45, 2.75) is 0 Å². The number of pyridine rings is 1. The van der Waals surface area contributed by atoms with Crippen LogP contribution in [0.4, 0.5) is 5.82 Å². The first kappa shape index (κ1) is 15.5. The Morgan fingerprint density at radius 2 is 1.96 bits per heavy atom. The van der Waals surface area contributed by atoms with Gasteiger partial charge < -0.3 is 15.8 Å². The number of ether oxygens (including phenoxy) is 1. The van der Waals surface area contributed by atoms with Crippen molar-refractivity contribution in [2.24, 2.45) is 7.05 Å². The number of carbonyl (C=O) groups excluding carboxylic acids is 1. The molecule has 7 nitrogen and oxygen atoms in total. The quantitative estimate of drug-likeness (QED) is 0.767. The fraction of sp³-hybridized carbons (Fsp3) is 0.118.